The zero-order valence-electron chi connectivity index (χ0n) is 11.7. The number of rotatable bonds is 4. The molecule has 0 spiro atoms. The Labute approximate surface area is 117 Å². The molecule has 1 saturated carbocycles. The highest BCUT2D eigenvalue weighted by molar-refractivity contribution is 5.97. The standard InChI is InChI=1S/C15H18N2O3/c1-9(8-18)17(2)15(19)11-5-6-12-13(7-11)20-14(16-12)10-3-4-10/h5-7,9-10,18H,3-4,8H2,1-2H3/t9-/m1/s1. The van der Waals surface area contributed by atoms with Crippen LogP contribution >= 0.6 is 0 Å². The Morgan fingerprint density at radius 2 is 2.30 bits per heavy atom. The third-order valence-electron chi connectivity index (χ3n) is 3.82. The third kappa shape index (κ3) is 2.29. The molecule has 1 fully saturated rings. The molecule has 0 aliphatic heterocycles. The smallest absolute Gasteiger partial charge is 0.254 e. The van der Waals surface area contributed by atoms with E-state index in [9.17, 15) is 4.79 Å². The summed E-state index contributed by atoms with van der Waals surface area (Å²) < 4.78 is 5.72. The lowest BCUT2D eigenvalue weighted by Gasteiger charge is -2.23. The summed E-state index contributed by atoms with van der Waals surface area (Å²) >= 11 is 0. The minimum absolute atomic E-state index is 0.0569. The first-order valence-electron chi connectivity index (χ1n) is 6.88. The third-order valence-corrected chi connectivity index (χ3v) is 3.82. The maximum absolute atomic E-state index is 12.3. The van der Waals surface area contributed by atoms with Crippen LogP contribution in [0, 0.1) is 0 Å². The van der Waals surface area contributed by atoms with Crippen molar-refractivity contribution >= 4 is 17.0 Å². The zero-order chi connectivity index (χ0) is 14.3. The van der Waals surface area contributed by atoms with Gasteiger partial charge in [0, 0.05) is 18.5 Å². The molecule has 0 unspecified atom stereocenters. The monoisotopic (exact) mass is 274 g/mol. The molecule has 1 aliphatic carbocycles. The number of hydrogen-bond donors (Lipinski definition) is 1. The van der Waals surface area contributed by atoms with Gasteiger partial charge in [-0.2, -0.15) is 0 Å². The van der Waals surface area contributed by atoms with Crippen molar-refractivity contribution in [2.24, 2.45) is 0 Å². The van der Waals surface area contributed by atoms with Crippen LogP contribution in [0.4, 0.5) is 0 Å². The molecule has 1 amide bonds. The van der Waals surface area contributed by atoms with Crippen LogP contribution in [0.2, 0.25) is 0 Å². The molecule has 0 saturated heterocycles. The second-order valence-electron chi connectivity index (χ2n) is 5.46. The fourth-order valence-corrected chi connectivity index (χ4v) is 2.11. The molecule has 20 heavy (non-hydrogen) atoms. The Morgan fingerprint density at radius 3 is 2.95 bits per heavy atom. The number of amides is 1. The first kappa shape index (κ1) is 13.1. The number of carbonyl (C=O) groups excluding carboxylic acids is 1. The molecule has 1 aromatic carbocycles. The van der Waals surface area contributed by atoms with Gasteiger partial charge >= 0.3 is 0 Å². The van der Waals surface area contributed by atoms with Crippen LogP contribution in [0.5, 0.6) is 0 Å². The molecule has 106 valence electrons. The Bertz CT molecular complexity index is 646. The number of benzene rings is 1. The fraction of sp³-hybridized carbons (Fsp3) is 0.467. The maximum atomic E-state index is 12.3. The number of nitrogens with zero attached hydrogens (tertiary/aromatic N) is 2. The van der Waals surface area contributed by atoms with E-state index in [0.29, 0.717) is 17.1 Å². The molecule has 0 bridgehead atoms. The lowest BCUT2D eigenvalue weighted by molar-refractivity contribution is 0.0682. The molecule has 3 rings (SSSR count). The van der Waals surface area contributed by atoms with E-state index in [1.54, 1.807) is 26.1 Å². The average Bonchev–Trinajstić information content (AvgIpc) is 3.23. The number of carbonyl (C=O) groups is 1. The van der Waals surface area contributed by atoms with Crippen LogP contribution in [-0.2, 0) is 0 Å². The number of hydrogen-bond acceptors (Lipinski definition) is 4. The minimum Gasteiger partial charge on any atom is -0.440 e. The summed E-state index contributed by atoms with van der Waals surface area (Å²) in [5.41, 5.74) is 2.00. The van der Waals surface area contributed by atoms with Gasteiger partial charge in [0.1, 0.15) is 5.52 Å². The minimum atomic E-state index is -0.213. The van der Waals surface area contributed by atoms with Gasteiger partial charge in [-0.1, -0.05) is 0 Å². The molecular weight excluding hydrogens is 256 g/mol. The summed E-state index contributed by atoms with van der Waals surface area (Å²) in [5, 5.41) is 9.12. The highest BCUT2D eigenvalue weighted by Gasteiger charge is 2.29. The van der Waals surface area contributed by atoms with Gasteiger partial charge in [0.2, 0.25) is 0 Å². The normalized spacial score (nSPS) is 16.4. The molecular formula is C15H18N2O3. The molecule has 1 aromatic heterocycles. The largest absolute Gasteiger partial charge is 0.440 e. The summed E-state index contributed by atoms with van der Waals surface area (Å²) in [6, 6.07) is 5.09. The van der Waals surface area contributed by atoms with Crippen LogP contribution in [0.15, 0.2) is 22.6 Å². The van der Waals surface area contributed by atoms with Gasteiger partial charge in [0.25, 0.3) is 5.91 Å². The van der Waals surface area contributed by atoms with E-state index in [1.807, 2.05) is 6.07 Å². The van der Waals surface area contributed by atoms with Crippen molar-refractivity contribution in [3.63, 3.8) is 0 Å². The van der Waals surface area contributed by atoms with Crippen molar-refractivity contribution in [2.75, 3.05) is 13.7 Å². The number of aliphatic hydroxyl groups excluding tert-OH is 1. The molecule has 1 aliphatic rings. The number of likely N-dealkylation sites (N-methyl/N-ethyl adjacent to an activating group) is 1. The number of oxazole rings is 1. The van der Waals surface area contributed by atoms with Gasteiger partial charge in [-0.3, -0.25) is 4.79 Å². The second-order valence-corrected chi connectivity index (χ2v) is 5.46. The number of aromatic nitrogens is 1. The predicted octanol–water partition coefficient (Wildman–Crippen LogP) is 2.16. The van der Waals surface area contributed by atoms with Crippen molar-refractivity contribution in [1.82, 2.24) is 9.88 Å². The van der Waals surface area contributed by atoms with E-state index >= 15 is 0 Å². The molecule has 1 atom stereocenters. The summed E-state index contributed by atoms with van der Waals surface area (Å²) in [4.78, 5) is 18.3. The van der Waals surface area contributed by atoms with Crippen molar-refractivity contribution in [3.05, 3.63) is 29.7 Å². The summed E-state index contributed by atoms with van der Waals surface area (Å²) in [6.45, 7) is 1.74. The predicted molar refractivity (Wildman–Crippen MR) is 74.6 cm³/mol. The first-order valence-corrected chi connectivity index (χ1v) is 6.88. The summed E-state index contributed by atoms with van der Waals surface area (Å²) in [7, 11) is 1.68. The molecule has 1 N–H and O–H groups in total. The summed E-state index contributed by atoms with van der Waals surface area (Å²) in [6.07, 6.45) is 2.27. The van der Waals surface area contributed by atoms with Gasteiger partial charge in [0.15, 0.2) is 11.5 Å². The Balaban J connectivity index is 1.89. The lowest BCUT2D eigenvalue weighted by Crippen LogP contribution is -2.37. The van der Waals surface area contributed by atoms with Gasteiger partial charge in [0.05, 0.1) is 12.6 Å². The fourth-order valence-electron chi connectivity index (χ4n) is 2.11. The highest BCUT2D eigenvalue weighted by Crippen LogP contribution is 2.40. The average molecular weight is 274 g/mol. The van der Waals surface area contributed by atoms with Crippen molar-refractivity contribution in [3.8, 4) is 0 Å². The zero-order valence-corrected chi connectivity index (χ0v) is 11.7. The Kier molecular flexibility index (Phi) is 3.22. The van der Waals surface area contributed by atoms with Crippen molar-refractivity contribution < 1.29 is 14.3 Å². The molecule has 5 nitrogen and oxygen atoms in total. The van der Waals surface area contributed by atoms with E-state index in [4.69, 9.17) is 9.52 Å². The molecule has 2 aromatic rings. The highest BCUT2D eigenvalue weighted by atomic mass is 16.3. The van der Waals surface area contributed by atoms with E-state index in [1.165, 1.54) is 4.90 Å². The molecule has 1 heterocycles. The van der Waals surface area contributed by atoms with Crippen LogP contribution in [-0.4, -0.2) is 40.6 Å². The first-order chi connectivity index (χ1) is 9.60. The SMILES string of the molecule is C[C@H](CO)N(C)C(=O)c1ccc2nc(C3CC3)oc2c1. The van der Waals surface area contributed by atoms with Crippen molar-refractivity contribution in [2.45, 2.75) is 31.7 Å². The number of aliphatic hydroxyl groups is 1. The van der Waals surface area contributed by atoms with Crippen LogP contribution in [0.3, 0.4) is 0 Å². The molecule has 5 heteroatoms. The van der Waals surface area contributed by atoms with Crippen molar-refractivity contribution in [1.29, 1.82) is 0 Å². The van der Waals surface area contributed by atoms with Crippen LogP contribution < -0.4 is 0 Å². The van der Waals surface area contributed by atoms with Gasteiger partial charge < -0.3 is 14.4 Å². The van der Waals surface area contributed by atoms with E-state index in [2.05, 4.69) is 4.98 Å². The lowest BCUT2D eigenvalue weighted by atomic mass is 10.1. The maximum Gasteiger partial charge on any atom is 0.254 e. The Morgan fingerprint density at radius 1 is 1.55 bits per heavy atom. The second kappa shape index (κ2) is 4.90. The number of fused-ring (bicyclic) bond motifs is 1. The Hall–Kier alpha value is -1.88. The van der Waals surface area contributed by atoms with Crippen LogP contribution in [0.25, 0.3) is 11.1 Å². The van der Waals surface area contributed by atoms with Gasteiger partial charge in [-0.15, -0.1) is 0 Å². The topological polar surface area (TPSA) is 66.6 Å². The summed E-state index contributed by atoms with van der Waals surface area (Å²) in [5.74, 6) is 1.11. The quantitative estimate of drug-likeness (QED) is 0.927. The van der Waals surface area contributed by atoms with E-state index in [0.717, 1.165) is 24.2 Å². The van der Waals surface area contributed by atoms with Gasteiger partial charge in [-0.05, 0) is 38.0 Å². The van der Waals surface area contributed by atoms with E-state index < -0.39 is 0 Å². The van der Waals surface area contributed by atoms with E-state index in [-0.39, 0.29) is 18.6 Å². The van der Waals surface area contributed by atoms with Crippen LogP contribution in [0.1, 0.15) is 41.9 Å². The van der Waals surface area contributed by atoms with Gasteiger partial charge in [-0.25, -0.2) is 4.98 Å². The molecule has 0 radical (unpaired) electrons.